The molecule has 3 heterocycles. The monoisotopic (exact) mass is 324 g/mol. The third kappa shape index (κ3) is 3.63. The van der Waals surface area contributed by atoms with Gasteiger partial charge in [0, 0.05) is 23.7 Å². The molecule has 21 heavy (non-hydrogen) atoms. The van der Waals surface area contributed by atoms with Crippen LogP contribution in [0.3, 0.4) is 0 Å². The van der Waals surface area contributed by atoms with Crippen molar-refractivity contribution in [3.8, 4) is 0 Å². The Labute approximate surface area is 135 Å². The Bertz CT molecular complexity index is 471. The molecule has 0 spiro atoms. The van der Waals surface area contributed by atoms with E-state index < -0.39 is 0 Å². The highest BCUT2D eigenvalue weighted by Crippen LogP contribution is 2.32. The van der Waals surface area contributed by atoms with Crippen LogP contribution in [-0.4, -0.2) is 42.7 Å². The molecule has 1 saturated heterocycles. The third-order valence-electron chi connectivity index (χ3n) is 4.44. The molecule has 0 atom stereocenters. The highest BCUT2D eigenvalue weighted by molar-refractivity contribution is 7.98. The van der Waals surface area contributed by atoms with E-state index in [1.807, 2.05) is 11.8 Å². The second-order valence-corrected chi connectivity index (χ2v) is 8.14. The van der Waals surface area contributed by atoms with Crippen LogP contribution >= 0.6 is 23.1 Å². The summed E-state index contributed by atoms with van der Waals surface area (Å²) in [5.41, 5.74) is 1.40. The lowest BCUT2D eigenvalue weighted by Crippen LogP contribution is -2.39. The Morgan fingerprint density at radius 1 is 1.43 bits per heavy atom. The molecular formula is C16H24N2OS2. The molecule has 3 rings (SSSR count). The summed E-state index contributed by atoms with van der Waals surface area (Å²) in [6.45, 7) is 6.04. The zero-order valence-electron chi connectivity index (χ0n) is 12.7. The summed E-state index contributed by atoms with van der Waals surface area (Å²) in [5.74, 6) is 3.20. The number of thiophene rings is 1. The van der Waals surface area contributed by atoms with E-state index in [-0.39, 0.29) is 5.91 Å². The van der Waals surface area contributed by atoms with Crippen LogP contribution in [0, 0.1) is 5.92 Å². The summed E-state index contributed by atoms with van der Waals surface area (Å²) in [7, 11) is 0. The number of fused-ring (bicyclic) bond motifs is 1. The summed E-state index contributed by atoms with van der Waals surface area (Å²) in [6.07, 6.45) is 3.53. The van der Waals surface area contributed by atoms with Gasteiger partial charge in [-0.3, -0.25) is 4.79 Å². The number of rotatable bonds is 4. The summed E-state index contributed by atoms with van der Waals surface area (Å²) in [4.78, 5) is 17.2. The van der Waals surface area contributed by atoms with Gasteiger partial charge in [-0.15, -0.1) is 11.3 Å². The second-order valence-electron chi connectivity index (χ2n) is 5.90. The van der Waals surface area contributed by atoms with Gasteiger partial charge in [0.15, 0.2) is 0 Å². The van der Waals surface area contributed by atoms with Crippen molar-refractivity contribution in [1.82, 2.24) is 10.2 Å². The van der Waals surface area contributed by atoms with Gasteiger partial charge >= 0.3 is 0 Å². The number of hydrogen-bond acceptors (Lipinski definition) is 4. The van der Waals surface area contributed by atoms with Gasteiger partial charge in [-0.1, -0.05) is 0 Å². The molecule has 0 radical (unpaired) electrons. The number of aryl methyl sites for hydroxylation is 1. The Hall–Kier alpha value is -0.520. The quantitative estimate of drug-likeness (QED) is 0.924. The molecule has 0 saturated carbocycles. The Balaban J connectivity index is 1.67. The molecule has 3 nitrogen and oxygen atoms in total. The first-order valence-electron chi connectivity index (χ1n) is 7.97. The molecule has 5 heteroatoms. The molecule has 1 fully saturated rings. The summed E-state index contributed by atoms with van der Waals surface area (Å²) >= 11 is 3.71. The highest BCUT2D eigenvalue weighted by atomic mass is 32.2. The van der Waals surface area contributed by atoms with Crippen LogP contribution in [-0.2, 0) is 12.2 Å². The van der Waals surface area contributed by atoms with Gasteiger partial charge in [-0.2, -0.15) is 11.8 Å². The molecule has 0 bridgehead atoms. The number of thioether (sulfide) groups is 1. The van der Waals surface area contributed by atoms with Gasteiger partial charge in [-0.25, -0.2) is 0 Å². The topological polar surface area (TPSA) is 32.3 Å². The van der Waals surface area contributed by atoms with Crippen LogP contribution in [0.5, 0.6) is 0 Å². The lowest BCUT2D eigenvalue weighted by atomic mass is 9.97. The van der Waals surface area contributed by atoms with Gasteiger partial charge in [0.25, 0.3) is 5.91 Å². The normalized spacial score (nSPS) is 19.3. The Morgan fingerprint density at radius 3 is 2.95 bits per heavy atom. The standard InChI is InChI=1S/C16H24N2OS2/c1-2-18(10-12-3-6-17-7-4-12)16(19)15-9-13-11-20-8-5-14(13)21-15/h9,12,17H,2-8,10-11H2,1H3. The maximum atomic E-state index is 12.8. The number of piperidine rings is 1. The molecule has 116 valence electrons. The first kappa shape index (κ1) is 15.4. The van der Waals surface area contributed by atoms with Crippen molar-refractivity contribution in [2.24, 2.45) is 5.92 Å². The molecule has 2 aliphatic rings. The molecule has 1 aromatic rings. The second kappa shape index (κ2) is 7.16. The SMILES string of the molecule is CCN(CC1CCNCC1)C(=O)c1cc2c(s1)CCSC2. The molecule has 1 amide bonds. The minimum atomic E-state index is 0.250. The minimum absolute atomic E-state index is 0.250. The van der Waals surface area contributed by atoms with E-state index in [0.29, 0.717) is 5.92 Å². The van der Waals surface area contributed by atoms with Gasteiger partial charge < -0.3 is 10.2 Å². The lowest BCUT2D eigenvalue weighted by molar-refractivity contribution is 0.0731. The molecular weight excluding hydrogens is 300 g/mol. The van der Waals surface area contributed by atoms with Gasteiger partial charge in [-0.05, 0) is 62.6 Å². The number of carbonyl (C=O) groups is 1. The van der Waals surface area contributed by atoms with Crippen molar-refractivity contribution in [1.29, 1.82) is 0 Å². The summed E-state index contributed by atoms with van der Waals surface area (Å²) in [5, 5.41) is 3.40. The van der Waals surface area contributed by atoms with Crippen LogP contribution in [0.15, 0.2) is 6.07 Å². The van der Waals surface area contributed by atoms with E-state index in [1.54, 1.807) is 11.3 Å². The number of nitrogens with one attached hydrogen (secondary N) is 1. The van der Waals surface area contributed by atoms with Crippen molar-refractivity contribution in [2.45, 2.75) is 31.9 Å². The zero-order valence-corrected chi connectivity index (χ0v) is 14.3. The zero-order chi connectivity index (χ0) is 14.7. The molecule has 1 aromatic heterocycles. The fourth-order valence-electron chi connectivity index (χ4n) is 3.14. The van der Waals surface area contributed by atoms with E-state index in [1.165, 1.54) is 29.0 Å². The third-order valence-corrected chi connectivity index (χ3v) is 6.68. The predicted octanol–water partition coefficient (Wildman–Crippen LogP) is 3.00. The number of carbonyl (C=O) groups excluding carboxylic acids is 1. The van der Waals surface area contributed by atoms with Crippen molar-refractivity contribution in [2.75, 3.05) is 31.9 Å². The van der Waals surface area contributed by atoms with E-state index in [0.717, 1.165) is 43.2 Å². The molecule has 0 aromatic carbocycles. The van der Waals surface area contributed by atoms with Crippen molar-refractivity contribution >= 4 is 29.0 Å². The van der Waals surface area contributed by atoms with Gasteiger partial charge in [0.1, 0.15) is 0 Å². The fourth-order valence-corrected chi connectivity index (χ4v) is 5.48. The fraction of sp³-hybridized carbons (Fsp3) is 0.688. The lowest BCUT2D eigenvalue weighted by Gasteiger charge is -2.29. The summed E-state index contributed by atoms with van der Waals surface area (Å²) in [6, 6.07) is 2.15. The maximum Gasteiger partial charge on any atom is 0.263 e. The minimum Gasteiger partial charge on any atom is -0.338 e. The van der Waals surface area contributed by atoms with Crippen LogP contribution in [0.1, 0.15) is 39.9 Å². The van der Waals surface area contributed by atoms with Crippen LogP contribution in [0.25, 0.3) is 0 Å². The maximum absolute atomic E-state index is 12.8. The number of amides is 1. The van der Waals surface area contributed by atoms with Crippen molar-refractivity contribution in [3.05, 3.63) is 21.4 Å². The molecule has 0 aliphatic carbocycles. The van der Waals surface area contributed by atoms with Gasteiger partial charge in [0.05, 0.1) is 4.88 Å². The predicted molar refractivity (Wildman–Crippen MR) is 91.4 cm³/mol. The van der Waals surface area contributed by atoms with E-state index in [9.17, 15) is 4.79 Å². The molecule has 1 N–H and O–H groups in total. The Kier molecular flexibility index (Phi) is 5.24. The first-order chi connectivity index (χ1) is 10.3. The van der Waals surface area contributed by atoms with E-state index in [4.69, 9.17) is 0 Å². The van der Waals surface area contributed by atoms with Crippen molar-refractivity contribution < 1.29 is 4.79 Å². The number of hydrogen-bond donors (Lipinski definition) is 1. The Morgan fingerprint density at radius 2 is 2.24 bits per heavy atom. The van der Waals surface area contributed by atoms with Gasteiger partial charge in [0.2, 0.25) is 0 Å². The molecule has 2 aliphatic heterocycles. The van der Waals surface area contributed by atoms with E-state index in [2.05, 4.69) is 23.2 Å². The largest absolute Gasteiger partial charge is 0.338 e. The number of nitrogens with zero attached hydrogens (tertiary/aromatic N) is 1. The average Bonchev–Trinajstić information content (AvgIpc) is 2.97. The van der Waals surface area contributed by atoms with Crippen LogP contribution in [0.2, 0.25) is 0 Å². The highest BCUT2D eigenvalue weighted by Gasteiger charge is 2.23. The smallest absolute Gasteiger partial charge is 0.263 e. The van der Waals surface area contributed by atoms with Crippen LogP contribution < -0.4 is 5.32 Å². The van der Waals surface area contributed by atoms with Crippen LogP contribution in [0.4, 0.5) is 0 Å². The average molecular weight is 325 g/mol. The summed E-state index contributed by atoms with van der Waals surface area (Å²) < 4.78 is 0. The van der Waals surface area contributed by atoms with E-state index >= 15 is 0 Å². The molecule has 0 unspecified atom stereocenters. The first-order valence-corrected chi connectivity index (χ1v) is 9.94. The van der Waals surface area contributed by atoms with Crippen molar-refractivity contribution in [3.63, 3.8) is 0 Å².